The van der Waals surface area contributed by atoms with Crippen molar-refractivity contribution in [2.24, 2.45) is 0 Å². The summed E-state index contributed by atoms with van der Waals surface area (Å²) in [6, 6.07) is 1.41. The van der Waals surface area contributed by atoms with Gasteiger partial charge in [-0.3, -0.25) is 0 Å². The molecule has 17 heavy (non-hydrogen) atoms. The zero-order valence-electron chi connectivity index (χ0n) is 10.5. The molecule has 94 valence electrons. The molecule has 0 saturated carbocycles. The number of hydrogen-bond donors (Lipinski definition) is 1. The molecular weight excluding hydrogens is 222 g/mol. The summed E-state index contributed by atoms with van der Waals surface area (Å²) in [5, 5.41) is 8.77. The highest BCUT2D eigenvalue weighted by atomic mass is 16.5. The highest BCUT2D eigenvalue weighted by Crippen LogP contribution is 2.12. The number of carboxylic acids is 1. The predicted octanol–water partition coefficient (Wildman–Crippen LogP) is 0.894. The van der Waals surface area contributed by atoms with Crippen LogP contribution in [-0.2, 0) is 0 Å². The van der Waals surface area contributed by atoms with E-state index in [0.29, 0.717) is 6.61 Å². The third-order valence-electron chi connectivity index (χ3n) is 2.62. The standard InChI is InChI=1S/C11H17N3O3/c1-11(2,14(3)4)7-17-10-12-6-5-8(13-10)9(15)16/h5-6H,7H2,1-4H3,(H,15,16). The van der Waals surface area contributed by atoms with E-state index in [9.17, 15) is 4.79 Å². The van der Waals surface area contributed by atoms with Crippen molar-refractivity contribution in [2.45, 2.75) is 19.4 Å². The summed E-state index contributed by atoms with van der Waals surface area (Å²) in [5.41, 5.74) is -0.250. The van der Waals surface area contributed by atoms with Crippen LogP contribution in [0.25, 0.3) is 0 Å². The van der Waals surface area contributed by atoms with Crippen LogP contribution in [0.1, 0.15) is 24.3 Å². The summed E-state index contributed by atoms with van der Waals surface area (Å²) in [7, 11) is 3.88. The van der Waals surface area contributed by atoms with Gasteiger partial charge < -0.3 is 14.7 Å². The smallest absolute Gasteiger partial charge is 0.354 e. The quantitative estimate of drug-likeness (QED) is 0.822. The summed E-state index contributed by atoms with van der Waals surface area (Å²) in [4.78, 5) is 20.4. The van der Waals surface area contributed by atoms with Crippen molar-refractivity contribution < 1.29 is 14.6 Å². The largest absolute Gasteiger partial charge is 0.477 e. The van der Waals surface area contributed by atoms with E-state index in [1.54, 1.807) is 0 Å². The topological polar surface area (TPSA) is 75.5 Å². The van der Waals surface area contributed by atoms with Gasteiger partial charge in [-0.25, -0.2) is 9.78 Å². The summed E-state index contributed by atoms with van der Waals surface area (Å²) in [6.07, 6.45) is 1.37. The molecule has 0 atom stereocenters. The molecule has 6 heteroatoms. The Morgan fingerprint density at radius 2 is 2.18 bits per heavy atom. The SMILES string of the molecule is CN(C)C(C)(C)COc1nccc(C(=O)O)n1. The van der Waals surface area contributed by atoms with Crippen LogP contribution in [0.4, 0.5) is 0 Å². The molecule has 0 aliphatic heterocycles. The van der Waals surface area contributed by atoms with Crippen molar-refractivity contribution in [3.63, 3.8) is 0 Å². The molecule has 0 spiro atoms. The fourth-order valence-electron chi connectivity index (χ4n) is 0.900. The van der Waals surface area contributed by atoms with E-state index in [0.717, 1.165) is 0 Å². The molecule has 0 bridgehead atoms. The zero-order valence-corrected chi connectivity index (χ0v) is 10.5. The summed E-state index contributed by atoms with van der Waals surface area (Å²) >= 11 is 0. The molecule has 0 unspecified atom stereocenters. The Balaban J connectivity index is 2.70. The van der Waals surface area contributed by atoms with E-state index in [4.69, 9.17) is 9.84 Å². The number of aromatic carboxylic acids is 1. The van der Waals surface area contributed by atoms with Crippen molar-refractivity contribution in [2.75, 3.05) is 20.7 Å². The number of carbonyl (C=O) groups is 1. The summed E-state index contributed by atoms with van der Waals surface area (Å²) in [6.45, 7) is 4.39. The van der Waals surface area contributed by atoms with Crippen LogP contribution in [0, 0.1) is 0 Å². The van der Waals surface area contributed by atoms with Gasteiger partial charge in [0.2, 0.25) is 0 Å². The van der Waals surface area contributed by atoms with Gasteiger partial charge in [0.15, 0.2) is 5.69 Å². The third kappa shape index (κ3) is 3.67. The van der Waals surface area contributed by atoms with Gasteiger partial charge in [-0.15, -0.1) is 0 Å². The molecule has 1 heterocycles. The fourth-order valence-corrected chi connectivity index (χ4v) is 0.900. The van der Waals surface area contributed by atoms with Crippen LogP contribution in [0.5, 0.6) is 6.01 Å². The Bertz CT molecular complexity index is 405. The molecular formula is C11H17N3O3. The van der Waals surface area contributed by atoms with Gasteiger partial charge in [-0.1, -0.05) is 0 Å². The number of rotatable bonds is 5. The first-order valence-corrected chi connectivity index (χ1v) is 5.19. The van der Waals surface area contributed by atoms with E-state index >= 15 is 0 Å². The minimum Gasteiger partial charge on any atom is -0.477 e. The molecule has 1 aromatic rings. The first kappa shape index (κ1) is 13.4. The lowest BCUT2D eigenvalue weighted by molar-refractivity contribution is 0.0686. The maximum atomic E-state index is 10.7. The fraction of sp³-hybridized carbons (Fsp3) is 0.545. The van der Waals surface area contributed by atoms with E-state index in [2.05, 4.69) is 9.97 Å². The maximum absolute atomic E-state index is 10.7. The van der Waals surface area contributed by atoms with Gasteiger partial charge in [-0.2, -0.15) is 4.98 Å². The Labute approximate surface area is 100 Å². The molecule has 0 aliphatic rings. The van der Waals surface area contributed by atoms with Crippen LogP contribution in [-0.4, -0.2) is 52.2 Å². The number of ether oxygens (including phenoxy) is 1. The molecule has 0 saturated heterocycles. The van der Waals surface area contributed by atoms with Crippen molar-refractivity contribution >= 4 is 5.97 Å². The number of carboxylic acid groups (broad SMARTS) is 1. The molecule has 0 aliphatic carbocycles. The lowest BCUT2D eigenvalue weighted by Crippen LogP contribution is -2.43. The van der Waals surface area contributed by atoms with Crippen LogP contribution >= 0.6 is 0 Å². The molecule has 0 fully saturated rings. The molecule has 1 N–H and O–H groups in total. The van der Waals surface area contributed by atoms with Gasteiger partial charge in [0.05, 0.1) is 0 Å². The second-order valence-electron chi connectivity index (χ2n) is 4.53. The Kier molecular flexibility index (Phi) is 4.01. The zero-order chi connectivity index (χ0) is 13.1. The van der Waals surface area contributed by atoms with Crippen molar-refractivity contribution in [1.82, 2.24) is 14.9 Å². The Morgan fingerprint density at radius 1 is 1.53 bits per heavy atom. The monoisotopic (exact) mass is 239 g/mol. The minimum absolute atomic E-state index is 0.0716. The van der Waals surface area contributed by atoms with Crippen molar-refractivity contribution in [3.8, 4) is 6.01 Å². The van der Waals surface area contributed by atoms with Gasteiger partial charge in [0.1, 0.15) is 6.61 Å². The van der Waals surface area contributed by atoms with Crippen LogP contribution in [0.3, 0.4) is 0 Å². The molecule has 1 aromatic heterocycles. The average Bonchev–Trinajstić information content (AvgIpc) is 2.26. The Hall–Kier alpha value is -1.69. The minimum atomic E-state index is -1.09. The van der Waals surface area contributed by atoms with E-state index in [1.165, 1.54) is 12.3 Å². The second-order valence-corrected chi connectivity index (χ2v) is 4.53. The van der Waals surface area contributed by atoms with Crippen molar-refractivity contribution in [1.29, 1.82) is 0 Å². The first-order valence-electron chi connectivity index (χ1n) is 5.19. The normalized spacial score (nSPS) is 11.6. The van der Waals surface area contributed by atoms with Gasteiger partial charge in [0, 0.05) is 11.7 Å². The lowest BCUT2D eigenvalue weighted by Gasteiger charge is -2.31. The van der Waals surface area contributed by atoms with Gasteiger partial charge >= 0.3 is 12.0 Å². The van der Waals surface area contributed by atoms with Crippen LogP contribution in [0.2, 0.25) is 0 Å². The third-order valence-corrected chi connectivity index (χ3v) is 2.62. The average molecular weight is 239 g/mol. The number of aromatic nitrogens is 2. The number of likely N-dealkylation sites (N-methyl/N-ethyl adjacent to an activating group) is 1. The highest BCUT2D eigenvalue weighted by Gasteiger charge is 2.22. The lowest BCUT2D eigenvalue weighted by atomic mass is 10.1. The predicted molar refractivity (Wildman–Crippen MR) is 62.3 cm³/mol. The summed E-state index contributed by atoms with van der Waals surface area (Å²) in [5.74, 6) is -1.09. The second kappa shape index (κ2) is 5.09. The van der Waals surface area contributed by atoms with E-state index in [-0.39, 0.29) is 17.2 Å². The number of nitrogens with zero attached hydrogens (tertiary/aromatic N) is 3. The number of hydrogen-bond acceptors (Lipinski definition) is 5. The van der Waals surface area contributed by atoms with Crippen LogP contribution in [0.15, 0.2) is 12.3 Å². The van der Waals surface area contributed by atoms with Gasteiger partial charge in [-0.05, 0) is 34.0 Å². The molecule has 0 aromatic carbocycles. The van der Waals surface area contributed by atoms with E-state index in [1.807, 2.05) is 32.8 Å². The summed E-state index contributed by atoms with van der Waals surface area (Å²) < 4.78 is 5.40. The molecule has 0 radical (unpaired) electrons. The Morgan fingerprint density at radius 3 is 2.71 bits per heavy atom. The molecule has 1 rings (SSSR count). The van der Waals surface area contributed by atoms with Crippen molar-refractivity contribution in [3.05, 3.63) is 18.0 Å². The maximum Gasteiger partial charge on any atom is 0.354 e. The van der Waals surface area contributed by atoms with Gasteiger partial charge in [0.25, 0.3) is 0 Å². The highest BCUT2D eigenvalue weighted by molar-refractivity contribution is 5.85. The molecule has 6 nitrogen and oxygen atoms in total. The first-order chi connectivity index (χ1) is 7.83. The van der Waals surface area contributed by atoms with E-state index < -0.39 is 5.97 Å². The molecule has 0 amide bonds. The van der Waals surface area contributed by atoms with Crippen LogP contribution < -0.4 is 4.74 Å².